The predicted molar refractivity (Wildman–Crippen MR) is 123 cm³/mol. The summed E-state index contributed by atoms with van der Waals surface area (Å²) in [5.74, 6) is 1.71. The van der Waals surface area contributed by atoms with E-state index in [0.29, 0.717) is 28.8 Å². The van der Waals surface area contributed by atoms with Gasteiger partial charge in [-0.25, -0.2) is 13.5 Å². The number of hydrogen-bond donors (Lipinski definition) is 0. The molecule has 4 fully saturated rings. The smallest absolute Gasteiger partial charge is 0.157 e. The number of carbonyl (C=O) groups excluding carboxylic acids is 1. The largest absolute Gasteiger partial charge is 0.297 e. The van der Waals surface area contributed by atoms with E-state index in [4.69, 9.17) is 0 Å². The molecule has 4 aliphatic carbocycles. The van der Waals surface area contributed by atoms with E-state index in [-0.39, 0.29) is 41.3 Å². The van der Waals surface area contributed by atoms with Crippen LogP contribution in [0.25, 0.3) is 11.0 Å². The lowest BCUT2D eigenvalue weighted by Crippen LogP contribution is -2.56. The molecule has 6 heteroatoms. The minimum Gasteiger partial charge on any atom is -0.297 e. The standard InChI is InChI=1S/C27H35F2N3O/c1-16-9-12-27(29)17(13-16)3-5-19-20-6-7-22(26(20,2)11-10-21(19)27)25(33)15-32-24-14-18(28)4-8-23(24)30-31-32/h4,8,14,16-17,19-22H,3,5-7,9-13,15H2,1-2H3/t16-,17+,19?,20?,21?,22+,26-,27+/m0/s1. The number of ketones is 1. The molecule has 33 heavy (non-hydrogen) atoms. The highest BCUT2D eigenvalue weighted by atomic mass is 19.1. The summed E-state index contributed by atoms with van der Waals surface area (Å²) in [7, 11) is 0. The van der Waals surface area contributed by atoms with Crippen LogP contribution >= 0.6 is 0 Å². The van der Waals surface area contributed by atoms with Crippen LogP contribution in [-0.4, -0.2) is 26.4 Å². The molecule has 0 aliphatic heterocycles. The highest BCUT2D eigenvalue weighted by Gasteiger charge is 2.62. The zero-order chi connectivity index (χ0) is 23.0. The number of Topliss-reactive ketones (excluding diaryl/α,β-unsaturated/α-hetero) is 1. The van der Waals surface area contributed by atoms with Crippen LogP contribution in [0.3, 0.4) is 0 Å². The third-order valence-corrected chi connectivity index (χ3v) is 10.5. The zero-order valence-electron chi connectivity index (χ0n) is 19.8. The van der Waals surface area contributed by atoms with Gasteiger partial charge in [0.05, 0.1) is 5.52 Å². The number of fused-ring (bicyclic) bond motifs is 6. The summed E-state index contributed by atoms with van der Waals surface area (Å²) in [6.45, 7) is 4.71. The van der Waals surface area contributed by atoms with Gasteiger partial charge in [-0.1, -0.05) is 19.1 Å². The number of halogens is 2. The van der Waals surface area contributed by atoms with Crippen LogP contribution < -0.4 is 0 Å². The molecule has 1 aromatic heterocycles. The Labute approximate surface area is 194 Å². The first-order valence-electron chi connectivity index (χ1n) is 13.0. The van der Waals surface area contributed by atoms with Crippen LogP contribution in [0, 0.1) is 46.7 Å². The molecular formula is C27H35F2N3O. The van der Waals surface area contributed by atoms with E-state index < -0.39 is 5.67 Å². The third kappa shape index (κ3) is 3.22. The quantitative estimate of drug-likeness (QED) is 0.559. The van der Waals surface area contributed by atoms with Crippen molar-refractivity contribution in [1.29, 1.82) is 0 Å². The number of nitrogens with zero attached hydrogens (tertiary/aromatic N) is 3. The molecule has 0 N–H and O–H groups in total. The number of rotatable bonds is 3. The molecule has 178 valence electrons. The summed E-state index contributed by atoms with van der Waals surface area (Å²) in [4.78, 5) is 13.5. The van der Waals surface area contributed by atoms with Crippen molar-refractivity contribution in [2.75, 3.05) is 0 Å². The van der Waals surface area contributed by atoms with Crippen molar-refractivity contribution in [1.82, 2.24) is 15.0 Å². The van der Waals surface area contributed by atoms with E-state index >= 15 is 4.39 Å². The molecule has 0 saturated heterocycles. The van der Waals surface area contributed by atoms with Gasteiger partial charge in [0.15, 0.2) is 5.78 Å². The molecule has 8 atom stereocenters. The first-order chi connectivity index (χ1) is 15.8. The fourth-order valence-corrected chi connectivity index (χ4v) is 8.84. The highest BCUT2D eigenvalue weighted by Crippen LogP contribution is 2.66. The van der Waals surface area contributed by atoms with E-state index in [9.17, 15) is 9.18 Å². The molecule has 1 aromatic carbocycles. The van der Waals surface area contributed by atoms with E-state index in [1.807, 2.05) is 0 Å². The lowest BCUT2D eigenvalue weighted by atomic mass is 9.48. The second-order valence-electron chi connectivity index (χ2n) is 12.0. The maximum absolute atomic E-state index is 16.5. The SMILES string of the molecule is C[C@H]1CC[C@]2(F)C3CC[C@@]4(C)C(CC[C@@H]4C(=O)Cn4nnc5ccc(F)cc54)C3CC[C@@H]2C1. The molecule has 6 rings (SSSR count). The summed E-state index contributed by atoms with van der Waals surface area (Å²) < 4.78 is 31.8. The average molecular weight is 456 g/mol. The Morgan fingerprint density at radius 2 is 1.97 bits per heavy atom. The van der Waals surface area contributed by atoms with Gasteiger partial charge in [-0.05, 0) is 105 Å². The maximum atomic E-state index is 16.5. The highest BCUT2D eigenvalue weighted by molar-refractivity contribution is 5.84. The molecule has 1 heterocycles. The van der Waals surface area contributed by atoms with E-state index in [1.165, 1.54) is 12.1 Å². The van der Waals surface area contributed by atoms with Crippen molar-refractivity contribution in [3.63, 3.8) is 0 Å². The van der Waals surface area contributed by atoms with Crippen LogP contribution in [0.1, 0.15) is 71.6 Å². The molecule has 4 aliphatic rings. The van der Waals surface area contributed by atoms with Crippen LogP contribution in [0.4, 0.5) is 8.78 Å². The molecule has 2 aromatic rings. The Morgan fingerprint density at radius 3 is 2.82 bits per heavy atom. The van der Waals surface area contributed by atoms with Gasteiger partial charge in [0, 0.05) is 12.0 Å². The Kier molecular flexibility index (Phi) is 4.97. The van der Waals surface area contributed by atoms with Gasteiger partial charge in [0.25, 0.3) is 0 Å². The van der Waals surface area contributed by atoms with Crippen LogP contribution in [-0.2, 0) is 11.3 Å². The van der Waals surface area contributed by atoms with Gasteiger partial charge in [-0.15, -0.1) is 5.10 Å². The number of benzene rings is 1. The van der Waals surface area contributed by atoms with Gasteiger partial charge in [-0.2, -0.15) is 0 Å². The summed E-state index contributed by atoms with van der Waals surface area (Å²) in [6.07, 6.45) is 8.71. The molecule has 0 bridgehead atoms. The first-order valence-corrected chi connectivity index (χ1v) is 13.0. The minimum absolute atomic E-state index is 0.0316. The van der Waals surface area contributed by atoms with Crippen LogP contribution in [0.15, 0.2) is 18.2 Å². The molecule has 3 unspecified atom stereocenters. The fraction of sp³-hybridized carbons (Fsp3) is 0.741. The van der Waals surface area contributed by atoms with Crippen molar-refractivity contribution in [3.8, 4) is 0 Å². The summed E-state index contributed by atoms with van der Waals surface area (Å²) in [5.41, 5.74) is 0.121. The van der Waals surface area contributed by atoms with Gasteiger partial charge in [0.1, 0.15) is 23.5 Å². The van der Waals surface area contributed by atoms with Crippen molar-refractivity contribution < 1.29 is 13.6 Å². The number of aromatic nitrogens is 3. The van der Waals surface area contributed by atoms with E-state index in [0.717, 1.165) is 57.8 Å². The van der Waals surface area contributed by atoms with E-state index in [2.05, 4.69) is 24.2 Å². The Bertz CT molecular complexity index is 1080. The van der Waals surface area contributed by atoms with Gasteiger partial charge in [-0.3, -0.25) is 4.79 Å². The molecule has 0 radical (unpaired) electrons. The predicted octanol–water partition coefficient (Wildman–Crippen LogP) is 6.14. The topological polar surface area (TPSA) is 47.8 Å². The minimum atomic E-state index is -0.984. The van der Waals surface area contributed by atoms with Crippen LogP contribution in [0.2, 0.25) is 0 Å². The average Bonchev–Trinajstić information content (AvgIpc) is 3.34. The fourth-order valence-electron chi connectivity index (χ4n) is 8.84. The van der Waals surface area contributed by atoms with Crippen LogP contribution in [0.5, 0.6) is 0 Å². The second kappa shape index (κ2) is 7.58. The molecular weight excluding hydrogens is 420 g/mol. The third-order valence-electron chi connectivity index (χ3n) is 10.5. The summed E-state index contributed by atoms with van der Waals surface area (Å²) in [5, 5.41) is 8.23. The number of hydrogen-bond acceptors (Lipinski definition) is 3. The lowest BCUT2D eigenvalue weighted by Gasteiger charge is -2.58. The number of alkyl halides is 1. The van der Waals surface area contributed by atoms with Crippen molar-refractivity contribution in [3.05, 3.63) is 24.0 Å². The van der Waals surface area contributed by atoms with Gasteiger partial charge >= 0.3 is 0 Å². The number of carbonyl (C=O) groups is 1. The Morgan fingerprint density at radius 1 is 1.12 bits per heavy atom. The lowest BCUT2D eigenvalue weighted by molar-refractivity contribution is -0.146. The summed E-state index contributed by atoms with van der Waals surface area (Å²) in [6, 6.07) is 4.36. The monoisotopic (exact) mass is 455 g/mol. The molecule has 4 nitrogen and oxygen atoms in total. The molecule has 4 saturated carbocycles. The summed E-state index contributed by atoms with van der Waals surface area (Å²) >= 11 is 0. The second-order valence-corrected chi connectivity index (χ2v) is 12.0. The van der Waals surface area contributed by atoms with E-state index in [1.54, 1.807) is 10.7 Å². The zero-order valence-corrected chi connectivity index (χ0v) is 19.8. The van der Waals surface area contributed by atoms with Crippen molar-refractivity contribution in [2.45, 2.75) is 83.8 Å². The molecule has 0 spiro atoms. The molecule has 0 amide bonds. The normalized spacial score (nSPS) is 42.5. The Hall–Kier alpha value is -1.85. The Balaban J connectivity index is 1.23. The van der Waals surface area contributed by atoms with Crippen molar-refractivity contribution in [2.24, 2.45) is 40.9 Å². The van der Waals surface area contributed by atoms with Gasteiger partial charge in [0.2, 0.25) is 0 Å². The van der Waals surface area contributed by atoms with Crippen molar-refractivity contribution >= 4 is 16.8 Å². The first kappa shape index (κ1) is 21.7. The van der Waals surface area contributed by atoms with Gasteiger partial charge < -0.3 is 0 Å². The maximum Gasteiger partial charge on any atom is 0.157 e.